The lowest BCUT2D eigenvalue weighted by Gasteiger charge is -2.62. The molecule has 1 saturated heterocycles. The van der Waals surface area contributed by atoms with E-state index in [9.17, 15) is 19.5 Å². The van der Waals surface area contributed by atoms with Crippen molar-refractivity contribution in [2.45, 2.75) is 124 Å². The molecular weight excluding hydrogens is 440 g/mol. The minimum atomic E-state index is -0.934. The molecule has 0 aromatic heterocycles. The molecule has 194 valence electrons. The molecule has 6 fully saturated rings. The number of aliphatic hydroxyl groups is 1. The highest BCUT2D eigenvalue weighted by Gasteiger charge is 2.85. The van der Waals surface area contributed by atoms with Crippen molar-refractivity contribution in [3.63, 3.8) is 0 Å². The van der Waals surface area contributed by atoms with Gasteiger partial charge < -0.3 is 9.84 Å². The summed E-state index contributed by atoms with van der Waals surface area (Å²) in [5.41, 5.74) is -2.52. The molecule has 1 unspecified atom stereocenters. The molecule has 9 atom stereocenters. The first-order valence-corrected chi connectivity index (χ1v) is 14.0. The molecule has 1 aliphatic heterocycles. The Hall–Kier alpha value is -1.07. The summed E-state index contributed by atoms with van der Waals surface area (Å²) >= 11 is 0. The van der Waals surface area contributed by atoms with Crippen LogP contribution in [0, 0.1) is 44.8 Å². The van der Waals surface area contributed by atoms with Gasteiger partial charge in [0.05, 0.1) is 23.2 Å². The number of ether oxygens (including phenoxy) is 1. The number of fused-ring (bicyclic) bond motifs is 2. The largest absolute Gasteiger partial charge is 0.388 e. The lowest BCUT2D eigenvalue weighted by molar-refractivity contribution is -0.187. The van der Waals surface area contributed by atoms with E-state index in [-0.39, 0.29) is 62.9 Å². The SMILES string of the molecule is CC(C)(O)[C@@H]1CC[C@](C)([C@H]2C(=O)C[C@@]3(C)[C@@H]4CC(=O)[C@H]5C(C)(C)C(=O)CCC56C[C@@]46CC[C@]23C)O1. The molecule has 5 aliphatic carbocycles. The minimum Gasteiger partial charge on any atom is -0.388 e. The minimum absolute atomic E-state index is 0.0460. The lowest BCUT2D eigenvalue weighted by Crippen LogP contribution is -2.60. The number of carbonyl (C=O) groups excluding carboxylic acids is 3. The van der Waals surface area contributed by atoms with Crippen LogP contribution >= 0.6 is 0 Å². The van der Waals surface area contributed by atoms with Gasteiger partial charge in [-0.2, -0.15) is 0 Å². The van der Waals surface area contributed by atoms with E-state index >= 15 is 0 Å². The Kier molecular flexibility index (Phi) is 4.50. The van der Waals surface area contributed by atoms with E-state index in [2.05, 4.69) is 20.8 Å². The molecule has 0 aromatic carbocycles. The summed E-state index contributed by atoms with van der Waals surface area (Å²) in [6.45, 7) is 14.3. The molecule has 0 radical (unpaired) electrons. The summed E-state index contributed by atoms with van der Waals surface area (Å²) in [5, 5.41) is 10.6. The zero-order chi connectivity index (χ0) is 25.6. The van der Waals surface area contributed by atoms with Crippen molar-refractivity contribution in [1.29, 1.82) is 0 Å². The zero-order valence-corrected chi connectivity index (χ0v) is 22.8. The van der Waals surface area contributed by atoms with Crippen LogP contribution in [0.1, 0.15) is 106 Å². The van der Waals surface area contributed by atoms with Gasteiger partial charge in [0.2, 0.25) is 0 Å². The third kappa shape index (κ3) is 2.61. The maximum atomic E-state index is 13.9. The second kappa shape index (κ2) is 6.49. The molecule has 5 saturated carbocycles. The summed E-state index contributed by atoms with van der Waals surface area (Å²) < 4.78 is 6.57. The zero-order valence-electron chi connectivity index (χ0n) is 22.8. The average Bonchev–Trinajstić information content (AvgIpc) is 3.08. The number of hydrogen-bond donors (Lipinski definition) is 1. The molecule has 5 nitrogen and oxygen atoms in total. The molecule has 1 heterocycles. The molecule has 6 rings (SSSR count). The van der Waals surface area contributed by atoms with Crippen molar-refractivity contribution in [1.82, 2.24) is 0 Å². The van der Waals surface area contributed by atoms with E-state index in [1.54, 1.807) is 13.8 Å². The van der Waals surface area contributed by atoms with E-state index in [4.69, 9.17) is 4.74 Å². The van der Waals surface area contributed by atoms with Crippen molar-refractivity contribution in [2.75, 3.05) is 0 Å². The van der Waals surface area contributed by atoms with Gasteiger partial charge in [-0.3, -0.25) is 14.4 Å². The number of rotatable bonds is 2. The number of Topliss-reactive ketones (excluding diaryl/α,β-unsaturated/α-hetero) is 3. The van der Waals surface area contributed by atoms with E-state index < -0.39 is 16.6 Å². The van der Waals surface area contributed by atoms with Crippen LogP contribution in [0.4, 0.5) is 0 Å². The predicted molar refractivity (Wildman–Crippen MR) is 131 cm³/mol. The molecular formula is C30H44O5. The molecule has 0 aromatic rings. The third-order valence-electron chi connectivity index (χ3n) is 13.1. The quantitative estimate of drug-likeness (QED) is 0.592. The number of ketones is 3. The summed E-state index contributed by atoms with van der Waals surface area (Å²) in [5.74, 6) is 0.638. The molecule has 2 spiro atoms. The van der Waals surface area contributed by atoms with E-state index in [1.165, 1.54) is 0 Å². The first-order chi connectivity index (χ1) is 16.0. The van der Waals surface area contributed by atoms with E-state index in [0.29, 0.717) is 19.3 Å². The molecule has 1 N–H and O–H groups in total. The summed E-state index contributed by atoms with van der Waals surface area (Å²) in [6, 6.07) is 0. The first kappa shape index (κ1) is 24.3. The summed E-state index contributed by atoms with van der Waals surface area (Å²) in [4.78, 5) is 40.7. The van der Waals surface area contributed by atoms with Crippen molar-refractivity contribution < 1.29 is 24.2 Å². The van der Waals surface area contributed by atoms with Gasteiger partial charge in [-0.25, -0.2) is 0 Å². The average molecular weight is 485 g/mol. The monoisotopic (exact) mass is 484 g/mol. The fourth-order valence-electron chi connectivity index (χ4n) is 11.3. The molecule has 0 amide bonds. The summed E-state index contributed by atoms with van der Waals surface area (Å²) in [7, 11) is 0. The van der Waals surface area contributed by atoms with Crippen molar-refractivity contribution in [3.8, 4) is 0 Å². The standard InChI is InChI=1S/C30H44O5/c1-24(2)20(33)8-11-30-16-29(30)13-12-26(5)23(28(7)10-9-21(35-28)25(3,4)34)18(32)15-27(26,6)19(29)14-17(31)22(24)30/h19,21-23,34H,8-16H2,1-7H3/t19-,21-,22-,23-,26+,27-,28+,29-,30?/m0/s1. The fourth-order valence-corrected chi connectivity index (χ4v) is 11.3. The predicted octanol–water partition coefficient (Wildman–Crippen LogP) is 5.06. The van der Waals surface area contributed by atoms with Gasteiger partial charge in [0.1, 0.15) is 17.3 Å². The fraction of sp³-hybridized carbons (Fsp3) is 0.900. The second-order valence-electron chi connectivity index (χ2n) is 15.3. The first-order valence-electron chi connectivity index (χ1n) is 14.0. The summed E-state index contributed by atoms with van der Waals surface area (Å²) in [6.07, 6.45) is 6.81. The van der Waals surface area contributed by atoms with Crippen LogP contribution in [-0.2, 0) is 19.1 Å². The Labute approximate surface area is 210 Å². The Bertz CT molecular complexity index is 1040. The van der Waals surface area contributed by atoms with Gasteiger partial charge in [-0.05, 0) is 86.9 Å². The van der Waals surface area contributed by atoms with Crippen molar-refractivity contribution in [3.05, 3.63) is 0 Å². The molecule has 6 aliphatic rings. The maximum absolute atomic E-state index is 13.9. The van der Waals surface area contributed by atoms with Crippen LogP contribution in [0.25, 0.3) is 0 Å². The van der Waals surface area contributed by atoms with Crippen LogP contribution in [0.3, 0.4) is 0 Å². The van der Waals surface area contributed by atoms with Gasteiger partial charge in [0, 0.05) is 30.6 Å². The highest BCUT2D eigenvalue weighted by atomic mass is 16.5. The second-order valence-corrected chi connectivity index (χ2v) is 15.3. The molecule has 35 heavy (non-hydrogen) atoms. The van der Waals surface area contributed by atoms with Gasteiger partial charge >= 0.3 is 0 Å². The highest BCUT2D eigenvalue weighted by Crippen LogP contribution is 2.88. The van der Waals surface area contributed by atoms with Gasteiger partial charge in [-0.1, -0.05) is 27.7 Å². The Morgan fingerprint density at radius 2 is 1.54 bits per heavy atom. The van der Waals surface area contributed by atoms with Gasteiger partial charge in [0.15, 0.2) is 0 Å². The molecule has 0 bridgehead atoms. The maximum Gasteiger partial charge on any atom is 0.139 e. The van der Waals surface area contributed by atoms with E-state index in [1.807, 2.05) is 13.8 Å². The van der Waals surface area contributed by atoms with Crippen molar-refractivity contribution >= 4 is 17.3 Å². The lowest BCUT2D eigenvalue weighted by atomic mass is 9.41. The Morgan fingerprint density at radius 3 is 2.17 bits per heavy atom. The normalized spacial score (nSPS) is 54.7. The smallest absolute Gasteiger partial charge is 0.139 e. The number of carbonyl (C=O) groups is 3. The number of hydrogen-bond acceptors (Lipinski definition) is 5. The van der Waals surface area contributed by atoms with Crippen LogP contribution < -0.4 is 0 Å². The van der Waals surface area contributed by atoms with Gasteiger partial charge in [-0.15, -0.1) is 0 Å². The van der Waals surface area contributed by atoms with Gasteiger partial charge in [0.25, 0.3) is 0 Å². The Morgan fingerprint density at radius 1 is 0.857 bits per heavy atom. The Balaban J connectivity index is 1.38. The van der Waals surface area contributed by atoms with E-state index in [0.717, 1.165) is 38.5 Å². The van der Waals surface area contributed by atoms with Crippen LogP contribution in [-0.4, -0.2) is 39.8 Å². The highest BCUT2D eigenvalue weighted by molar-refractivity contribution is 5.96. The van der Waals surface area contributed by atoms with Crippen LogP contribution in [0.2, 0.25) is 0 Å². The third-order valence-corrected chi connectivity index (χ3v) is 13.1. The van der Waals surface area contributed by atoms with Crippen molar-refractivity contribution in [2.24, 2.45) is 44.8 Å². The van der Waals surface area contributed by atoms with Crippen LogP contribution in [0.5, 0.6) is 0 Å². The topological polar surface area (TPSA) is 80.7 Å². The molecule has 5 heteroatoms. The van der Waals surface area contributed by atoms with Crippen LogP contribution in [0.15, 0.2) is 0 Å².